The average molecular weight is 184 g/mol. The molecule has 0 saturated carbocycles. The Balaban J connectivity index is 2.54. The molecule has 0 fully saturated rings. The van der Waals surface area contributed by atoms with Crippen molar-refractivity contribution in [2.75, 3.05) is 11.9 Å². The lowest BCUT2D eigenvalue weighted by atomic mass is 10.3. The fourth-order valence-corrected chi connectivity index (χ4v) is 0.806. The van der Waals surface area contributed by atoms with Gasteiger partial charge in [0.1, 0.15) is 12.4 Å². The number of carbonyl (C=O) groups is 1. The third kappa shape index (κ3) is 3.18. The molecule has 1 rings (SSSR count). The summed E-state index contributed by atoms with van der Waals surface area (Å²) in [4.78, 5) is 15.0. The molecule has 70 valence electrons. The van der Waals surface area contributed by atoms with E-state index in [2.05, 4.69) is 16.1 Å². The minimum Gasteiger partial charge on any atom is -0.324 e. The number of rotatable bonds is 3. The number of amides is 1. The molecule has 3 N–H and O–H groups in total. The molecule has 0 aliphatic rings. The summed E-state index contributed by atoms with van der Waals surface area (Å²) < 4.78 is 12.4. The van der Waals surface area contributed by atoms with Crippen LogP contribution in [-0.4, -0.2) is 12.5 Å². The van der Waals surface area contributed by atoms with Crippen LogP contribution in [0.2, 0.25) is 0 Å². The quantitative estimate of drug-likeness (QED) is 0.678. The lowest BCUT2D eigenvalue weighted by Crippen LogP contribution is -2.20. The fraction of sp³-hybridized carbons (Fsp3) is 0.125. The van der Waals surface area contributed by atoms with Crippen LogP contribution >= 0.6 is 0 Å². The largest absolute Gasteiger partial charge is 0.324 e. The summed E-state index contributed by atoms with van der Waals surface area (Å²) in [6, 6.07) is 5.39. The summed E-state index contributed by atoms with van der Waals surface area (Å²) in [6.07, 6.45) is 0. The van der Waals surface area contributed by atoms with E-state index in [1.165, 1.54) is 24.3 Å². The number of hydrogen-bond donors (Lipinski definition) is 2. The van der Waals surface area contributed by atoms with Crippen molar-refractivity contribution in [2.24, 2.45) is 5.90 Å². The molecule has 0 aromatic heterocycles. The summed E-state index contributed by atoms with van der Waals surface area (Å²) in [5, 5.41) is 2.46. The predicted octanol–water partition coefficient (Wildman–Crippen LogP) is 0.654. The number of nitrogens with one attached hydrogen (secondary N) is 1. The molecule has 0 saturated heterocycles. The normalized spacial score (nSPS) is 9.69. The van der Waals surface area contributed by atoms with E-state index in [0.717, 1.165) is 0 Å². The van der Waals surface area contributed by atoms with Crippen LogP contribution in [0.15, 0.2) is 24.3 Å². The molecule has 0 heterocycles. The van der Waals surface area contributed by atoms with Crippen molar-refractivity contribution < 1.29 is 14.0 Å². The molecular formula is C8H9FN2O2. The Morgan fingerprint density at radius 3 is 2.62 bits per heavy atom. The van der Waals surface area contributed by atoms with E-state index in [9.17, 15) is 9.18 Å². The SMILES string of the molecule is NOCC(=O)Nc1ccc(F)cc1. The van der Waals surface area contributed by atoms with Crippen molar-refractivity contribution in [1.29, 1.82) is 0 Å². The molecule has 13 heavy (non-hydrogen) atoms. The lowest BCUT2D eigenvalue weighted by molar-refractivity contribution is -0.120. The number of anilines is 1. The highest BCUT2D eigenvalue weighted by Gasteiger charge is 2.00. The lowest BCUT2D eigenvalue weighted by Gasteiger charge is -2.02. The smallest absolute Gasteiger partial charge is 0.252 e. The van der Waals surface area contributed by atoms with Crippen LogP contribution in [0.5, 0.6) is 0 Å². The number of halogens is 1. The first kappa shape index (κ1) is 9.63. The Morgan fingerprint density at radius 2 is 2.08 bits per heavy atom. The van der Waals surface area contributed by atoms with Gasteiger partial charge in [0.05, 0.1) is 0 Å². The van der Waals surface area contributed by atoms with Crippen molar-refractivity contribution in [1.82, 2.24) is 0 Å². The second-order valence-electron chi connectivity index (χ2n) is 2.37. The van der Waals surface area contributed by atoms with E-state index in [1.54, 1.807) is 0 Å². The minimum absolute atomic E-state index is 0.225. The Bertz CT molecular complexity index is 287. The molecule has 0 aliphatic carbocycles. The van der Waals surface area contributed by atoms with Crippen molar-refractivity contribution >= 4 is 11.6 Å². The Kier molecular flexibility index (Phi) is 3.36. The van der Waals surface area contributed by atoms with Gasteiger partial charge in [0.15, 0.2) is 0 Å². The third-order valence-corrected chi connectivity index (χ3v) is 1.34. The van der Waals surface area contributed by atoms with E-state index in [1.807, 2.05) is 0 Å². The Morgan fingerprint density at radius 1 is 1.46 bits per heavy atom. The molecule has 0 aliphatic heterocycles. The van der Waals surface area contributed by atoms with Crippen molar-refractivity contribution in [3.8, 4) is 0 Å². The second-order valence-corrected chi connectivity index (χ2v) is 2.37. The van der Waals surface area contributed by atoms with Gasteiger partial charge in [0.2, 0.25) is 0 Å². The predicted molar refractivity (Wildman–Crippen MR) is 45.2 cm³/mol. The molecule has 1 aromatic carbocycles. The van der Waals surface area contributed by atoms with E-state index < -0.39 is 0 Å². The molecule has 4 nitrogen and oxygen atoms in total. The van der Waals surface area contributed by atoms with Gasteiger partial charge in [-0.1, -0.05) is 0 Å². The molecule has 1 amide bonds. The number of nitrogens with two attached hydrogens (primary N) is 1. The van der Waals surface area contributed by atoms with Crippen LogP contribution < -0.4 is 11.2 Å². The summed E-state index contributed by atoms with van der Waals surface area (Å²) in [5.74, 6) is 3.95. The highest BCUT2D eigenvalue weighted by atomic mass is 19.1. The molecule has 1 aromatic rings. The summed E-state index contributed by atoms with van der Waals surface area (Å²) in [7, 11) is 0. The van der Waals surface area contributed by atoms with Crippen LogP contribution in [0.3, 0.4) is 0 Å². The standard InChI is InChI=1S/C8H9FN2O2/c9-6-1-3-7(4-2-6)11-8(12)5-13-10/h1-4H,5,10H2,(H,11,12). The zero-order valence-corrected chi connectivity index (χ0v) is 6.79. The average Bonchev–Trinajstić information content (AvgIpc) is 2.09. The van der Waals surface area contributed by atoms with Crippen LogP contribution in [0, 0.1) is 5.82 Å². The molecule has 0 radical (unpaired) electrons. The van der Waals surface area contributed by atoms with E-state index >= 15 is 0 Å². The first-order valence-corrected chi connectivity index (χ1v) is 3.59. The molecule has 0 atom stereocenters. The van der Waals surface area contributed by atoms with Gasteiger partial charge in [-0.05, 0) is 24.3 Å². The molecular weight excluding hydrogens is 175 g/mol. The van der Waals surface area contributed by atoms with Gasteiger partial charge in [-0.15, -0.1) is 0 Å². The van der Waals surface area contributed by atoms with Crippen LogP contribution in [0.25, 0.3) is 0 Å². The Hall–Kier alpha value is -1.46. The van der Waals surface area contributed by atoms with Gasteiger partial charge in [-0.3, -0.25) is 9.63 Å². The van der Waals surface area contributed by atoms with Crippen LogP contribution in [0.4, 0.5) is 10.1 Å². The van der Waals surface area contributed by atoms with Gasteiger partial charge in [0, 0.05) is 5.69 Å². The van der Waals surface area contributed by atoms with Crippen molar-refractivity contribution in [3.05, 3.63) is 30.1 Å². The van der Waals surface area contributed by atoms with E-state index in [0.29, 0.717) is 5.69 Å². The number of benzene rings is 1. The second kappa shape index (κ2) is 4.54. The van der Waals surface area contributed by atoms with Crippen molar-refractivity contribution in [3.63, 3.8) is 0 Å². The van der Waals surface area contributed by atoms with E-state index in [-0.39, 0.29) is 18.3 Å². The molecule has 0 bridgehead atoms. The van der Waals surface area contributed by atoms with Gasteiger partial charge in [-0.2, -0.15) is 0 Å². The highest BCUT2D eigenvalue weighted by molar-refractivity contribution is 5.91. The zero-order valence-electron chi connectivity index (χ0n) is 6.79. The summed E-state index contributed by atoms with van der Waals surface area (Å²) in [5.41, 5.74) is 0.503. The summed E-state index contributed by atoms with van der Waals surface area (Å²) >= 11 is 0. The summed E-state index contributed by atoms with van der Waals surface area (Å²) in [6.45, 7) is -0.225. The minimum atomic E-state index is -0.380. The Labute approximate surface area is 74.4 Å². The number of carbonyl (C=O) groups excluding carboxylic acids is 1. The maximum atomic E-state index is 12.4. The molecule has 0 spiro atoms. The number of hydrogen-bond acceptors (Lipinski definition) is 3. The van der Waals surface area contributed by atoms with Gasteiger partial charge in [-0.25, -0.2) is 10.3 Å². The molecule has 5 heteroatoms. The van der Waals surface area contributed by atoms with Gasteiger partial charge < -0.3 is 5.32 Å². The van der Waals surface area contributed by atoms with Crippen LogP contribution in [-0.2, 0) is 9.63 Å². The maximum absolute atomic E-state index is 12.4. The van der Waals surface area contributed by atoms with Crippen LogP contribution in [0.1, 0.15) is 0 Å². The van der Waals surface area contributed by atoms with Gasteiger partial charge >= 0.3 is 0 Å². The highest BCUT2D eigenvalue weighted by Crippen LogP contribution is 2.07. The topological polar surface area (TPSA) is 64.3 Å². The maximum Gasteiger partial charge on any atom is 0.252 e. The first-order chi connectivity index (χ1) is 6.22. The van der Waals surface area contributed by atoms with Gasteiger partial charge in [0.25, 0.3) is 5.91 Å². The molecule has 0 unspecified atom stereocenters. The first-order valence-electron chi connectivity index (χ1n) is 3.59. The fourth-order valence-electron chi connectivity index (χ4n) is 0.806. The monoisotopic (exact) mass is 184 g/mol. The van der Waals surface area contributed by atoms with Crippen molar-refractivity contribution in [2.45, 2.75) is 0 Å². The van der Waals surface area contributed by atoms with E-state index in [4.69, 9.17) is 0 Å². The zero-order chi connectivity index (χ0) is 9.68. The third-order valence-electron chi connectivity index (χ3n) is 1.34.